The number of carbonyl (C=O) groups is 1. The summed E-state index contributed by atoms with van der Waals surface area (Å²) in [7, 11) is 1.78. The largest absolute Gasteiger partial charge is 0.338 e. The van der Waals surface area contributed by atoms with Crippen LogP contribution in [-0.4, -0.2) is 53.8 Å². The average Bonchev–Trinajstić information content (AvgIpc) is 3.35. The molecule has 1 aromatic carbocycles. The number of aryl methyl sites for hydroxylation is 1. The predicted molar refractivity (Wildman–Crippen MR) is 103 cm³/mol. The molecule has 9 heteroatoms. The van der Waals surface area contributed by atoms with Gasteiger partial charge in [0.2, 0.25) is 17.5 Å². The second-order valence-electron chi connectivity index (χ2n) is 6.84. The number of aromatic nitrogens is 6. The van der Waals surface area contributed by atoms with Crippen molar-refractivity contribution in [2.24, 2.45) is 7.05 Å². The molecule has 4 heterocycles. The van der Waals surface area contributed by atoms with Crippen LogP contribution in [0.5, 0.6) is 0 Å². The summed E-state index contributed by atoms with van der Waals surface area (Å²) < 4.78 is 6.97. The normalized spacial score (nSPS) is 14.0. The Balaban J connectivity index is 1.27. The Morgan fingerprint density at radius 3 is 2.59 bits per heavy atom. The molecule has 0 bridgehead atoms. The van der Waals surface area contributed by atoms with Crippen molar-refractivity contribution in [3.05, 3.63) is 66.4 Å². The number of hydrogen-bond acceptors (Lipinski definition) is 7. The highest BCUT2D eigenvalue weighted by Gasteiger charge is 2.37. The average molecular weight is 387 g/mol. The van der Waals surface area contributed by atoms with Crippen LogP contribution in [0.4, 0.5) is 0 Å². The van der Waals surface area contributed by atoms with E-state index in [-0.39, 0.29) is 11.8 Å². The molecule has 1 saturated heterocycles. The van der Waals surface area contributed by atoms with Crippen molar-refractivity contribution in [2.45, 2.75) is 5.92 Å². The monoisotopic (exact) mass is 387 g/mol. The molecule has 0 radical (unpaired) electrons. The summed E-state index contributed by atoms with van der Waals surface area (Å²) in [6, 6.07) is 13.3. The first kappa shape index (κ1) is 17.2. The van der Waals surface area contributed by atoms with E-state index < -0.39 is 0 Å². The van der Waals surface area contributed by atoms with Gasteiger partial charge in [-0.25, -0.2) is 9.97 Å². The molecule has 29 heavy (non-hydrogen) atoms. The lowest BCUT2D eigenvalue weighted by molar-refractivity contribution is 0.0558. The van der Waals surface area contributed by atoms with Gasteiger partial charge in [0.25, 0.3) is 5.91 Å². The molecule has 0 atom stereocenters. The van der Waals surface area contributed by atoms with Crippen LogP contribution >= 0.6 is 0 Å². The van der Waals surface area contributed by atoms with E-state index in [1.807, 2.05) is 36.4 Å². The molecule has 0 saturated carbocycles. The smallest absolute Gasteiger partial charge is 0.272 e. The van der Waals surface area contributed by atoms with E-state index in [1.165, 1.54) is 0 Å². The van der Waals surface area contributed by atoms with E-state index in [2.05, 4.69) is 25.2 Å². The van der Waals surface area contributed by atoms with E-state index in [0.29, 0.717) is 36.3 Å². The molecular weight excluding hydrogens is 370 g/mol. The molecule has 5 rings (SSSR count). The third kappa shape index (κ3) is 3.16. The van der Waals surface area contributed by atoms with Crippen molar-refractivity contribution in [3.8, 4) is 22.9 Å². The zero-order valence-electron chi connectivity index (χ0n) is 15.6. The minimum Gasteiger partial charge on any atom is -0.338 e. The SMILES string of the molecule is Cn1nc(-c2ccccc2)cc1C(=O)N1CC(c2nc(-c3ncccn3)no2)C1. The van der Waals surface area contributed by atoms with E-state index in [0.717, 1.165) is 11.3 Å². The van der Waals surface area contributed by atoms with Crippen LogP contribution in [0.2, 0.25) is 0 Å². The summed E-state index contributed by atoms with van der Waals surface area (Å²) >= 11 is 0. The van der Waals surface area contributed by atoms with Gasteiger partial charge in [0.1, 0.15) is 5.69 Å². The van der Waals surface area contributed by atoms with Gasteiger partial charge in [0, 0.05) is 38.1 Å². The van der Waals surface area contributed by atoms with Crippen LogP contribution in [0.25, 0.3) is 22.9 Å². The quantitative estimate of drug-likeness (QED) is 0.529. The molecule has 1 aliphatic heterocycles. The molecule has 0 unspecified atom stereocenters. The van der Waals surface area contributed by atoms with Gasteiger partial charge >= 0.3 is 0 Å². The Kier molecular flexibility index (Phi) is 4.12. The Hall–Kier alpha value is -3.88. The molecule has 9 nitrogen and oxygen atoms in total. The summed E-state index contributed by atoms with van der Waals surface area (Å²) in [5.74, 6) is 1.20. The summed E-state index contributed by atoms with van der Waals surface area (Å²) in [4.78, 5) is 27.2. The van der Waals surface area contributed by atoms with Crippen molar-refractivity contribution < 1.29 is 9.32 Å². The Labute approximate surface area is 166 Å². The van der Waals surface area contributed by atoms with Crippen molar-refractivity contribution in [3.63, 3.8) is 0 Å². The minimum atomic E-state index is -0.0652. The molecule has 3 aromatic heterocycles. The van der Waals surface area contributed by atoms with Crippen LogP contribution < -0.4 is 0 Å². The molecule has 0 spiro atoms. The highest BCUT2D eigenvalue weighted by Crippen LogP contribution is 2.29. The maximum Gasteiger partial charge on any atom is 0.272 e. The van der Waals surface area contributed by atoms with Gasteiger partial charge in [0.15, 0.2) is 0 Å². The van der Waals surface area contributed by atoms with E-state index in [9.17, 15) is 4.79 Å². The van der Waals surface area contributed by atoms with Gasteiger partial charge in [-0.05, 0) is 12.1 Å². The standard InChI is InChI=1S/C20H17N7O2/c1-26-16(10-15(24-26)13-6-3-2-4-7-13)20(28)27-11-14(12-27)19-23-18(25-29-19)17-21-8-5-9-22-17/h2-10,14H,11-12H2,1H3. The van der Waals surface area contributed by atoms with Gasteiger partial charge in [-0.15, -0.1) is 0 Å². The minimum absolute atomic E-state index is 0.00531. The zero-order chi connectivity index (χ0) is 19.8. The van der Waals surface area contributed by atoms with Crippen molar-refractivity contribution in [2.75, 3.05) is 13.1 Å². The van der Waals surface area contributed by atoms with E-state index in [1.54, 1.807) is 35.1 Å². The van der Waals surface area contributed by atoms with Crippen LogP contribution in [0.1, 0.15) is 22.3 Å². The zero-order valence-corrected chi connectivity index (χ0v) is 15.6. The summed E-state index contributed by atoms with van der Waals surface area (Å²) in [5.41, 5.74) is 2.30. The van der Waals surface area contributed by atoms with Crippen LogP contribution in [-0.2, 0) is 7.05 Å². The van der Waals surface area contributed by atoms with Gasteiger partial charge in [-0.3, -0.25) is 9.48 Å². The van der Waals surface area contributed by atoms with Gasteiger partial charge < -0.3 is 9.42 Å². The second kappa shape index (κ2) is 6.93. The lowest BCUT2D eigenvalue weighted by Gasteiger charge is -2.36. The number of likely N-dealkylation sites (tertiary alicyclic amines) is 1. The van der Waals surface area contributed by atoms with Crippen LogP contribution in [0.3, 0.4) is 0 Å². The molecule has 144 valence electrons. The Morgan fingerprint density at radius 1 is 1.07 bits per heavy atom. The second-order valence-corrected chi connectivity index (χ2v) is 6.84. The van der Waals surface area contributed by atoms with E-state index >= 15 is 0 Å². The van der Waals surface area contributed by atoms with Crippen LogP contribution in [0, 0.1) is 0 Å². The molecular formula is C20H17N7O2. The van der Waals surface area contributed by atoms with Crippen molar-refractivity contribution in [1.82, 2.24) is 34.8 Å². The third-order valence-electron chi connectivity index (χ3n) is 4.89. The number of benzene rings is 1. The Bertz CT molecular complexity index is 1150. The number of amides is 1. The summed E-state index contributed by atoms with van der Waals surface area (Å²) in [6.45, 7) is 1.03. The predicted octanol–water partition coefficient (Wildman–Crippen LogP) is 2.17. The highest BCUT2D eigenvalue weighted by molar-refractivity contribution is 5.94. The topological polar surface area (TPSA) is 103 Å². The first-order valence-corrected chi connectivity index (χ1v) is 9.19. The molecule has 4 aromatic rings. The number of hydrogen-bond donors (Lipinski definition) is 0. The first-order valence-electron chi connectivity index (χ1n) is 9.19. The van der Waals surface area contributed by atoms with Gasteiger partial charge in [-0.2, -0.15) is 10.1 Å². The maximum atomic E-state index is 12.9. The van der Waals surface area contributed by atoms with Crippen molar-refractivity contribution >= 4 is 5.91 Å². The molecule has 1 aliphatic rings. The molecule has 1 fully saturated rings. The fourth-order valence-electron chi connectivity index (χ4n) is 3.29. The lowest BCUT2D eigenvalue weighted by atomic mass is 9.99. The summed E-state index contributed by atoms with van der Waals surface area (Å²) in [5, 5.41) is 8.41. The third-order valence-corrected chi connectivity index (χ3v) is 4.89. The highest BCUT2D eigenvalue weighted by atomic mass is 16.5. The Morgan fingerprint density at radius 2 is 1.83 bits per heavy atom. The van der Waals surface area contributed by atoms with Crippen molar-refractivity contribution in [1.29, 1.82) is 0 Å². The van der Waals surface area contributed by atoms with Crippen LogP contribution in [0.15, 0.2) is 59.4 Å². The molecule has 1 amide bonds. The summed E-state index contributed by atoms with van der Waals surface area (Å²) in [6.07, 6.45) is 3.25. The molecule has 0 N–H and O–H groups in total. The van der Waals surface area contributed by atoms with Gasteiger partial charge in [0.05, 0.1) is 11.6 Å². The lowest BCUT2D eigenvalue weighted by Crippen LogP contribution is -2.49. The fraction of sp³-hybridized carbons (Fsp3) is 0.200. The maximum absolute atomic E-state index is 12.9. The number of carbonyl (C=O) groups excluding carboxylic acids is 1. The number of rotatable bonds is 4. The fourth-order valence-corrected chi connectivity index (χ4v) is 3.29. The molecule has 0 aliphatic carbocycles. The van der Waals surface area contributed by atoms with E-state index in [4.69, 9.17) is 4.52 Å². The van der Waals surface area contributed by atoms with Gasteiger partial charge in [-0.1, -0.05) is 35.5 Å². The first-order chi connectivity index (χ1) is 14.2. The number of nitrogens with zero attached hydrogens (tertiary/aromatic N) is 7.